The first-order chi connectivity index (χ1) is 7.83. The predicted molar refractivity (Wildman–Crippen MR) is 61.1 cm³/mol. The first-order valence-electron chi connectivity index (χ1n) is 6.29. The predicted octanol–water partition coefficient (Wildman–Crippen LogP) is 2.17. The molecule has 0 bridgehead atoms. The Morgan fingerprint density at radius 1 is 1.12 bits per heavy atom. The van der Waals surface area contributed by atoms with Gasteiger partial charge >= 0.3 is 0 Å². The summed E-state index contributed by atoms with van der Waals surface area (Å²) in [6.45, 7) is 8.67. The smallest absolute Gasteiger partial charge is 0.165 e. The quantitative estimate of drug-likeness (QED) is 0.630. The van der Waals surface area contributed by atoms with Crippen LogP contribution in [0.25, 0.3) is 0 Å². The van der Waals surface area contributed by atoms with Crippen molar-refractivity contribution >= 4 is 0 Å². The largest absolute Gasteiger partial charge is 0.352 e. The molecule has 1 fully saturated rings. The van der Waals surface area contributed by atoms with Gasteiger partial charge in [0.05, 0.1) is 5.92 Å². The highest BCUT2D eigenvalue weighted by molar-refractivity contribution is 4.72. The van der Waals surface area contributed by atoms with Crippen LogP contribution in [0.2, 0.25) is 0 Å². The molecule has 4 nitrogen and oxygen atoms in total. The third kappa shape index (κ3) is 4.01. The first-order valence-corrected chi connectivity index (χ1v) is 6.29. The molecule has 0 N–H and O–H groups in total. The highest BCUT2D eigenvalue weighted by Crippen LogP contribution is 2.27. The third-order valence-corrected chi connectivity index (χ3v) is 2.66. The van der Waals surface area contributed by atoms with Gasteiger partial charge in [0.1, 0.15) is 0 Å². The lowest BCUT2D eigenvalue weighted by Gasteiger charge is -2.35. The molecular formula is C12H24O4. The second-order valence-corrected chi connectivity index (χ2v) is 3.78. The Kier molecular flexibility index (Phi) is 6.96. The molecule has 0 spiro atoms. The van der Waals surface area contributed by atoms with Gasteiger partial charge in [-0.2, -0.15) is 0 Å². The van der Waals surface area contributed by atoms with Crippen LogP contribution in [0, 0.1) is 5.92 Å². The van der Waals surface area contributed by atoms with Gasteiger partial charge in [-0.15, -0.1) is 0 Å². The summed E-state index contributed by atoms with van der Waals surface area (Å²) in [7, 11) is 0. The standard InChI is InChI=1S/C12H24O4/c1-4-13-11(14-5-2)10-8-7-9-16-12(10)15-6-3/h10-12H,4-9H2,1-3H3/t10-,12-/m0/s1. The Morgan fingerprint density at radius 2 is 1.81 bits per heavy atom. The molecule has 0 aromatic rings. The lowest BCUT2D eigenvalue weighted by atomic mass is 9.99. The topological polar surface area (TPSA) is 36.9 Å². The molecule has 1 heterocycles. The molecule has 0 unspecified atom stereocenters. The van der Waals surface area contributed by atoms with Crippen molar-refractivity contribution in [2.24, 2.45) is 5.92 Å². The van der Waals surface area contributed by atoms with Gasteiger partial charge in [-0.25, -0.2) is 0 Å². The van der Waals surface area contributed by atoms with Gasteiger partial charge in [-0.3, -0.25) is 0 Å². The van der Waals surface area contributed by atoms with Crippen molar-refractivity contribution in [2.75, 3.05) is 26.4 Å². The molecule has 96 valence electrons. The van der Waals surface area contributed by atoms with E-state index in [0.717, 1.165) is 19.4 Å². The van der Waals surface area contributed by atoms with Crippen LogP contribution >= 0.6 is 0 Å². The van der Waals surface area contributed by atoms with Crippen LogP contribution in [0.15, 0.2) is 0 Å². The minimum Gasteiger partial charge on any atom is -0.352 e. The fraction of sp³-hybridized carbons (Fsp3) is 1.00. The van der Waals surface area contributed by atoms with E-state index in [0.29, 0.717) is 19.8 Å². The van der Waals surface area contributed by atoms with E-state index < -0.39 is 0 Å². The third-order valence-electron chi connectivity index (χ3n) is 2.66. The van der Waals surface area contributed by atoms with Crippen LogP contribution in [-0.2, 0) is 18.9 Å². The van der Waals surface area contributed by atoms with Gasteiger partial charge in [0.2, 0.25) is 0 Å². The van der Waals surface area contributed by atoms with Crippen LogP contribution in [0.4, 0.5) is 0 Å². The Morgan fingerprint density at radius 3 is 2.38 bits per heavy atom. The molecule has 16 heavy (non-hydrogen) atoms. The Labute approximate surface area is 98.2 Å². The zero-order valence-corrected chi connectivity index (χ0v) is 10.6. The average molecular weight is 232 g/mol. The van der Waals surface area contributed by atoms with E-state index in [1.54, 1.807) is 0 Å². The Hall–Kier alpha value is -0.160. The molecule has 0 amide bonds. The van der Waals surface area contributed by atoms with Gasteiger partial charge in [-0.05, 0) is 33.6 Å². The monoisotopic (exact) mass is 232 g/mol. The van der Waals surface area contributed by atoms with E-state index in [1.807, 2.05) is 20.8 Å². The van der Waals surface area contributed by atoms with Crippen molar-refractivity contribution in [3.63, 3.8) is 0 Å². The van der Waals surface area contributed by atoms with Crippen molar-refractivity contribution in [2.45, 2.75) is 46.2 Å². The van der Waals surface area contributed by atoms with Crippen molar-refractivity contribution in [3.8, 4) is 0 Å². The molecular weight excluding hydrogens is 208 g/mol. The van der Waals surface area contributed by atoms with Crippen LogP contribution in [0.3, 0.4) is 0 Å². The normalized spacial score (nSPS) is 26.2. The van der Waals surface area contributed by atoms with Gasteiger partial charge in [0.15, 0.2) is 12.6 Å². The van der Waals surface area contributed by atoms with Crippen molar-refractivity contribution in [1.29, 1.82) is 0 Å². The van der Waals surface area contributed by atoms with Gasteiger partial charge in [-0.1, -0.05) is 0 Å². The summed E-state index contributed by atoms with van der Waals surface area (Å²) < 4.78 is 22.4. The molecule has 1 aliphatic rings. The number of ether oxygens (including phenoxy) is 4. The lowest BCUT2D eigenvalue weighted by Crippen LogP contribution is -2.42. The zero-order chi connectivity index (χ0) is 11.8. The average Bonchev–Trinajstić information content (AvgIpc) is 2.30. The highest BCUT2D eigenvalue weighted by Gasteiger charge is 2.34. The van der Waals surface area contributed by atoms with Crippen molar-refractivity contribution in [3.05, 3.63) is 0 Å². The molecule has 1 saturated heterocycles. The van der Waals surface area contributed by atoms with Crippen LogP contribution < -0.4 is 0 Å². The molecule has 1 aliphatic heterocycles. The summed E-state index contributed by atoms with van der Waals surface area (Å²) >= 11 is 0. The summed E-state index contributed by atoms with van der Waals surface area (Å²) in [5, 5.41) is 0. The summed E-state index contributed by atoms with van der Waals surface area (Å²) in [6.07, 6.45) is 1.70. The zero-order valence-electron chi connectivity index (χ0n) is 10.6. The maximum Gasteiger partial charge on any atom is 0.165 e. The first kappa shape index (κ1) is 13.9. The molecule has 4 heteroatoms. The van der Waals surface area contributed by atoms with E-state index >= 15 is 0 Å². The maximum atomic E-state index is 5.62. The molecule has 1 rings (SSSR count). The second-order valence-electron chi connectivity index (χ2n) is 3.78. The lowest BCUT2D eigenvalue weighted by molar-refractivity contribution is -0.263. The van der Waals surface area contributed by atoms with Gasteiger partial charge < -0.3 is 18.9 Å². The number of hydrogen-bond acceptors (Lipinski definition) is 4. The van der Waals surface area contributed by atoms with Crippen molar-refractivity contribution in [1.82, 2.24) is 0 Å². The Bertz CT molecular complexity index is 166. The van der Waals surface area contributed by atoms with Crippen molar-refractivity contribution < 1.29 is 18.9 Å². The van der Waals surface area contributed by atoms with Crippen LogP contribution in [0.5, 0.6) is 0 Å². The van der Waals surface area contributed by atoms with Gasteiger partial charge in [0.25, 0.3) is 0 Å². The van der Waals surface area contributed by atoms with E-state index in [1.165, 1.54) is 0 Å². The van der Waals surface area contributed by atoms with Gasteiger partial charge in [0, 0.05) is 26.4 Å². The number of rotatable bonds is 7. The van der Waals surface area contributed by atoms with E-state index in [9.17, 15) is 0 Å². The summed E-state index contributed by atoms with van der Waals surface area (Å²) in [5.74, 6) is 0.189. The Balaban J connectivity index is 2.54. The molecule has 0 saturated carbocycles. The molecule has 0 aromatic heterocycles. The second kappa shape index (κ2) is 8.01. The summed E-state index contributed by atoms with van der Waals surface area (Å²) in [5.41, 5.74) is 0. The maximum absolute atomic E-state index is 5.62. The summed E-state index contributed by atoms with van der Waals surface area (Å²) in [4.78, 5) is 0. The fourth-order valence-electron chi connectivity index (χ4n) is 2.00. The SMILES string of the molecule is CCOC(OCC)[C@@H]1CCCO[C@@H]1OCC. The number of hydrogen-bond donors (Lipinski definition) is 0. The van der Waals surface area contributed by atoms with E-state index in [-0.39, 0.29) is 18.5 Å². The van der Waals surface area contributed by atoms with Crippen LogP contribution in [-0.4, -0.2) is 39.0 Å². The molecule has 0 radical (unpaired) electrons. The molecule has 2 atom stereocenters. The highest BCUT2D eigenvalue weighted by atomic mass is 16.7. The minimum absolute atomic E-state index is 0.179. The summed E-state index contributed by atoms with van der Waals surface area (Å²) in [6, 6.07) is 0. The minimum atomic E-state index is -0.202. The molecule has 0 aromatic carbocycles. The van der Waals surface area contributed by atoms with E-state index in [2.05, 4.69) is 0 Å². The fourth-order valence-corrected chi connectivity index (χ4v) is 2.00. The molecule has 0 aliphatic carbocycles. The van der Waals surface area contributed by atoms with Crippen LogP contribution in [0.1, 0.15) is 33.6 Å². The van der Waals surface area contributed by atoms with E-state index in [4.69, 9.17) is 18.9 Å².